The average molecular weight is 523 g/mol. The van der Waals surface area contributed by atoms with Crippen molar-refractivity contribution in [1.82, 2.24) is 20.9 Å². The molecule has 1 atom stereocenters. The van der Waals surface area contributed by atoms with E-state index in [0.717, 1.165) is 25.9 Å². The lowest BCUT2D eigenvalue weighted by Crippen LogP contribution is -2.41. The molecular weight excluding hydrogens is 494 g/mol. The number of amidine groups is 1. The van der Waals surface area contributed by atoms with Gasteiger partial charge < -0.3 is 36.7 Å². The van der Waals surface area contributed by atoms with Crippen molar-refractivity contribution in [3.8, 4) is 0 Å². The molecule has 0 aromatic rings. The van der Waals surface area contributed by atoms with Crippen LogP contribution in [-0.2, 0) is 9.53 Å². The van der Waals surface area contributed by atoms with E-state index in [2.05, 4.69) is 30.6 Å². The largest absolute Gasteiger partial charge is 0.439 e. The lowest BCUT2D eigenvalue weighted by Gasteiger charge is -2.30. The van der Waals surface area contributed by atoms with E-state index < -0.39 is 24.3 Å². The van der Waals surface area contributed by atoms with Crippen molar-refractivity contribution in [2.24, 2.45) is 16.6 Å². The number of nitrogens with one attached hydrogen (secondary N) is 5. The number of halogens is 3. The van der Waals surface area contributed by atoms with Gasteiger partial charge >= 0.3 is 6.61 Å². The maximum Gasteiger partial charge on any atom is 0.387 e. The van der Waals surface area contributed by atoms with Crippen LogP contribution in [0.2, 0.25) is 0 Å². The van der Waals surface area contributed by atoms with Gasteiger partial charge in [-0.15, -0.1) is 0 Å². The van der Waals surface area contributed by atoms with Crippen molar-refractivity contribution < 1.29 is 18.3 Å². The predicted molar refractivity (Wildman–Crippen MR) is 135 cm³/mol. The van der Waals surface area contributed by atoms with Crippen molar-refractivity contribution in [3.63, 3.8) is 0 Å². The topological polar surface area (TPSA) is 152 Å². The molecule has 1 fully saturated rings. The second-order valence-corrected chi connectivity index (χ2v) is 8.89. The van der Waals surface area contributed by atoms with Crippen LogP contribution in [0.5, 0.6) is 0 Å². The summed E-state index contributed by atoms with van der Waals surface area (Å²) in [6, 6.07) is 0.0865. The fourth-order valence-electron chi connectivity index (χ4n) is 3.87. The fraction of sp³-hybridized carbons (Fsp3) is 0.391. The van der Waals surface area contributed by atoms with E-state index in [1.54, 1.807) is 6.08 Å². The molecule has 194 valence electrons. The molecule has 3 rings (SSSR count). The first-order chi connectivity index (χ1) is 17.2. The number of amides is 1. The van der Waals surface area contributed by atoms with Crippen LogP contribution in [0.1, 0.15) is 19.3 Å². The van der Waals surface area contributed by atoms with Gasteiger partial charge in [-0.2, -0.15) is 8.78 Å². The highest BCUT2D eigenvalue weighted by molar-refractivity contribution is 6.30. The molecule has 10 nitrogen and oxygen atoms in total. The van der Waals surface area contributed by atoms with Crippen molar-refractivity contribution in [2.75, 3.05) is 20.1 Å². The average Bonchev–Trinajstić information content (AvgIpc) is 2.83. The summed E-state index contributed by atoms with van der Waals surface area (Å²) in [7, 11) is 2.03. The molecule has 0 aromatic heterocycles. The molecular formula is C23H29ClF2N8O2. The molecule has 1 unspecified atom stereocenters. The van der Waals surface area contributed by atoms with Gasteiger partial charge in [0.2, 0.25) is 0 Å². The van der Waals surface area contributed by atoms with Crippen LogP contribution in [0, 0.1) is 16.7 Å². The predicted octanol–water partition coefficient (Wildman–Crippen LogP) is 2.25. The van der Waals surface area contributed by atoms with Gasteiger partial charge in [0.15, 0.2) is 0 Å². The van der Waals surface area contributed by atoms with E-state index in [1.807, 2.05) is 7.05 Å². The molecule has 1 amide bonds. The summed E-state index contributed by atoms with van der Waals surface area (Å²) in [6.45, 7) is -1.34. The van der Waals surface area contributed by atoms with E-state index in [-0.39, 0.29) is 41.0 Å². The maximum atomic E-state index is 13.2. The van der Waals surface area contributed by atoms with Crippen molar-refractivity contribution in [3.05, 3.63) is 58.5 Å². The van der Waals surface area contributed by atoms with Crippen molar-refractivity contribution >= 4 is 35.3 Å². The van der Waals surface area contributed by atoms with Gasteiger partial charge in [-0.1, -0.05) is 11.6 Å². The number of piperidine rings is 1. The number of allylic oxidation sites excluding steroid dienone is 6. The number of hydrogen-bond acceptors (Lipinski definition) is 8. The van der Waals surface area contributed by atoms with E-state index in [1.165, 1.54) is 30.8 Å². The van der Waals surface area contributed by atoms with E-state index in [9.17, 15) is 13.6 Å². The Morgan fingerprint density at radius 1 is 1.36 bits per heavy atom. The Labute approximate surface area is 212 Å². The summed E-state index contributed by atoms with van der Waals surface area (Å²) in [5.41, 5.74) is 5.23. The number of carbonyl (C=O) groups excluding carboxylic acids is 1. The number of aliphatic imine (C=N–C) groups is 1. The van der Waals surface area contributed by atoms with Gasteiger partial charge in [0, 0.05) is 29.7 Å². The van der Waals surface area contributed by atoms with Crippen molar-refractivity contribution in [1.29, 1.82) is 10.8 Å². The lowest BCUT2D eigenvalue weighted by molar-refractivity contribution is -0.116. The van der Waals surface area contributed by atoms with E-state index >= 15 is 0 Å². The number of nitrogens with two attached hydrogens (primary N) is 1. The first kappa shape index (κ1) is 27.1. The molecule has 3 aliphatic rings. The zero-order valence-corrected chi connectivity index (χ0v) is 20.4. The van der Waals surface area contributed by atoms with E-state index in [4.69, 9.17) is 28.2 Å². The van der Waals surface area contributed by atoms with Gasteiger partial charge in [-0.3, -0.25) is 10.2 Å². The van der Waals surface area contributed by atoms with E-state index in [0.29, 0.717) is 5.03 Å². The highest BCUT2D eigenvalue weighted by Gasteiger charge is 2.31. The second kappa shape index (κ2) is 12.5. The first-order valence-electron chi connectivity index (χ1n) is 11.3. The monoisotopic (exact) mass is 522 g/mol. The fourth-order valence-corrected chi connectivity index (χ4v) is 4.09. The Morgan fingerprint density at radius 2 is 2.08 bits per heavy atom. The third kappa shape index (κ3) is 7.25. The molecule has 36 heavy (non-hydrogen) atoms. The Balaban J connectivity index is 1.90. The minimum atomic E-state index is -3.09. The molecule has 0 bridgehead atoms. The number of nitrogens with zero attached hydrogens (tertiary/aromatic N) is 2. The quantitative estimate of drug-likeness (QED) is 0.155. The Bertz CT molecular complexity index is 1070. The summed E-state index contributed by atoms with van der Waals surface area (Å²) in [4.78, 5) is 19.4. The minimum Gasteiger partial charge on any atom is -0.439 e. The number of hydrogen-bond donors (Lipinski definition) is 6. The van der Waals surface area contributed by atoms with Gasteiger partial charge in [-0.05, 0) is 57.6 Å². The summed E-state index contributed by atoms with van der Waals surface area (Å²) >= 11 is 6.14. The van der Waals surface area contributed by atoms with Crippen LogP contribution < -0.4 is 21.7 Å². The van der Waals surface area contributed by atoms with Gasteiger partial charge in [-0.25, -0.2) is 4.99 Å². The Morgan fingerprint density at radius 3 is 2.69 bits per heavy atom. The molecule has 0 radical (unpaired) electrons. The van der Waals surface area contributed by atoms with Gasteiger partial charge in [0.05, 0.1) is 17.3 Å². The minimum absolute atomic E-state index is 0.00809. The lowest BCUT2D eigenvalue weighted by atomic mass is 9.91. The second-order valence-electron chi connectivity index (χ2n) is 8.41. The number of likely N-dealkylation sites (tertiary alicyclic amines) is 1. The molecule has 1 aliphatic carbocycles. The molecule has 13 heteroatoms. The normalized spacial score (nSPS) is 22.4. The van der Waals surface area contributed by atoms with Crippen LogP contribution in [0.4, 0.5) is 8.78 Å². The third-order valence-electron chi connectivity index (χ3n) is 5.80. The van der Waals surface area contributed by atoms with Crippen LogP contribution in [0.15, 0.2) is 63.5 Å². The summed E-state index contributed by atoms with van der Waals surface area (Å²) in [6.07, 6.45) is 10.5. The first-order valence-corrected chi connectivity index (χ1v) is 11.6. The van der Waals surface area contributed by atoms with Crippen LogP contribution in [0.25, 0.3) is 0 Å². The van der Waals surface area contributed by atoms with Crippen LogP contribution in [-0.4, -0.2) is 61.4 Å². The van der Waals surface area contributed by atoms with Crippen LogP contribution in [0.3, 0.4) is 0 Å². The van der Waals surface area contributed by atoms with Gasteiger partial charge in [0.1, 0.15) is 23.0 Å². The highest BCUT2D eigenvalue weighted by Crippen LogP contribution is 2.31. The molecule has 0 aromatic carbocycles. The standard InChI is InChI=1S/C23H29ClF2N8O2/c1-34-9-5-14(6-10-34)32-12-16(19(27)15-11-13(24)3-4-17(15)36-23(25)26)33-22(35)18(20(28)29)21-30-7-2-8-31-21/h2-4,7-8,12,14-15,23,27,30,32H,5-6,9-11H2,1H3,(H3,28,29)(H,33,35)/b16-12+,21-18-,27-19?. The molecule has 2 heterocycles. The number of rotatable bonds is 9. The summed E-state index contributed by atoms with van der Waals surface area (Å²) < 4.78 is 30.7. The SMILES string of the molecule is CN1CCC(N/C=C(/NC(=O)/C(C(=N)N)=C2\N=CC=CN2)C(=N)C2CC(Cl)=CC=C2OC(F)F)CC1. The zero-order chi connectivity index (χ0) is 26.2. The molecule has 0 spiro atoms. The molecule has 7 N–H and O–H groups in total. The Hall–Kier alpha value is -3.51. The molecule has 0 saturated carbocycles. The van der Waals surface area contributed by atoms with Crippen molar-refractivity contribution in [2.45, 2.75) is 31.9 Å². The number of alkyl halides is 2. The van der Waals surface area contributed by atoms with Gasteiger partial charge in [0.25, 0.3) is 5.91 Å². The molecule has 1 saturated heterocycles. The summed E-state index contributed by atoms with van der Waals surface area (Å²) in [5.74, 6) is -2.39. The Kier molecular flexibility index (Phi) is 9.37. The number of carbonyl (C=O) groups is 1. The summed E-state index contributed by atoms with van der Waals surface area (Å²) in [5, 5.41) is 25.6. The van der Waals surface area contributed by atoms with Crippen LogP contribution >= 0.6 is 11.6 Å². The maximum absolute atomic E-state index is 13.2. The number of ether oxygens (including phenoxy) is 1. The smallest absolute Gasteiger partial charge is 0.387 e. The zero-order valence-electron chi connectivity index (χ0n) is 19.7. The third-order valence-corrected chi connectivity index (χ3v) is 6.08. The highest BCUT2D eigenvalue weighted by atomic mass is 35.5. The molecule has 2 aliphatic heterocycles.